The molecule has 0 saturated carbocycles. The van der Waals surface area contributed by atoms with Gasteiger partial charge in [-0.25, -0.2) is 9.37 Å². The van der Waals surface area contributed by atoms with E-state index in [9.17, 15) is 14.0 Å². The first-order valence-corrected chi connectivity index (χ1v) is 7.88. The van der Waals surface area contributed by atoms with Gasteiger partial charge in [0.25, 0.3) is 0 Å². The molecule has 1 fully saturated rings. The lowest BCUT2D eigenvalue weighted by molar-refractivity contribution is -0.135. The second-order valence-electron chi connectivity index (χ2n) is 4.75. The van der Waals surface area contributed by atoms with E-state index in [4.69, 9.17) is 11.6 Å². The Morgan fingerprint density at radius 1 is 1.48 bits per heavy atom. The average molecular weight is 422 g/mol. The summed E-state index contributed by atoms with van der Waals surface area (Å²) in [6.07, 6.45) is 0.596. The molecule has 0 spiro atoms. The van der Waals surface area contributed by atoms with Gasteiger partial charge in [0, 0.05) is 12.5 Å². The molecule has 2 aromatic rings. The number of carbonyl (C=O) groups excluding carboxylic acids is 2. The van der Waals surface area contributed by atoms with Crippen molar-refractivity contribution in [2.75, 3.05) is 0 Å². The highest BCUT2D eigenvalue weighted by atomic mass is 127. The van der Waals surface area contributed by atoms with E-state index in [-0.39, 0.29) is 24.0 Å². The molecular weight excluding hydrogens is 412 g/mol. The average Bonchev–Trinajstić information content (AvgIpc) is 2.77. The number of imide groups is 1. The van der Waals surface area contributed by atoms with Gasteiger partial charge in [0.2, 0.25) is 11.8 Å². The molecule has 0 bridgehead atoms. The minimum atomic E-state index is -0.596. The van der Waals surface area contributed by atoms with Crippen LogP contribution in [0.25, 0.3) is 11.0 Å². The first-order chi connectivity index (χ1) is 10.0. The summed E-state index contributed by atoms with van der Waals surface area (Å²) in [5, 5.41) is 2.29. The van der Waals surface area contributed by atoms with Gasteiger partial charge in [-0.2, -0.15) is 0 Å². The summed E-state index contributed by atoms with van der Waals surface area (Å²) < 4.78 is 15.9. The molecule has 110 valence electrons. The second-order valence-corrected chi connectivity index (χ2v) is 6.18. The number of benzene rings is 1. The number of imidazole rings is 1. The van der Waals surface area contributed by atoms with Crippen molar-refractivity contribution in [3.8, 4) is 0 Å². The summed E-state index contributed by atoms with van der Waals surface area (Å²) in [6.45, 7) is 0. The van der Waals surface area contributed by atoms with Crippen LogP contribution in [0.2, 0.25) is 0 Å². The number of hydrogen-bond donors (Lipinski definition) is 1. The molecule has 2 amide bonds. The van der Waals surface area contributed by atoms with Gasteiger partial charge in [-0.15, -0.1) is 11.6 Å². The normalized spacial score (nSPS) is 19.1. The van der Waals surface area contributed by atoms with E-state index >= 15 is 0 Å². The maximum absolute atomic E-state index is 13.8. The molecular formula is C13H10ClFIN3O2. The minimum Gasteiger partial charge on any atom is -0.314 e. The lowest BCUT2D eigenvalue weighted by atomic mass is 10.1. The molecule has 1 unspecified atom stereocenters. The Kier molecular flexibility index (Phi) is 3.87. The van der Waals surface area contributed by atoms with E-state index < -0.39 is 11.9 Å². The highest BCUT2D eigenvalue weighted by molar-refractivity contribution is 14.1. The molecule has 1 saturated heterocycles. The van der Waals surface area contributed by atoms with Crippen molar-refractivity contribution < 1.29 is 14.0 Å². The fourth-order valence-corrected chi connectivity index (χ4v) is 3.15. The van der Waals surface area contributed by atoms with E-state index in [2.05, 4.69) is 10.3 Å². The smallest absolute Gasteiger partial charge is 0.249 e. The minimum absolute atomic E-state index is 0.102. The number of fused-ring (bicyclic) bond motifs is 1. The molecule has 5 nitrogen and oxygen atoms in total. The number of aromatic nitrogens is 2. The summed E-state index contributed by atoms with van der Waals surface area (Å²) in [5.74, 6) is -0.491. The number of piperidine rings is 1. The lowest BCUT2D eigenvalue weighted by Gasteiger charge is -2.24. The molecule has 21 heavy (non-hydrogen) atoms. The number of amides is 2. The van der Waals surface area contributed by atoms with Crippen LogP contribution in [-0.2, 0) is 15.5 Å². The zero-order valence-electron chi connectivity index (χ0n) is 10.7. The fraction of sp³-hybridized carbons (Fsp3) is 0.308. The molecule has 1 N–H and O–H groups in total. The zero-order valence-corrected chi connectivity index (χ0v) is 13.6. The van der Waals surface area contributed by atoms with Crippen molar-refractivity contribution in [3.05, 3.63) is 27.3 Å². The number of alkyl halides is 1. The summed E-state index contributed by atoms with van der Waals surface area (Å²) >= 11 is 7.79. The highest BCUT2D eigenvalue weighted by Crippen LogP contribution is 2.29. The Balaban J connectivity index is 2.18. The van der Waals surface area contributed by atoms with Crippen LogP contribution in [0.5, 0.6) is 0 Å². The van der Waals surface area contributed by atoms with E-state index in [0.717, 1.165) is 0 Å². The highest BCUT2D eigenvalue weighted by Gasteiger charge is 2.31. The van der Waals surface area contributed by atoms with Gasteiger partial charge < -0.3 is 4.57 Å². The topological polar surface area (TPSA) is 64.0 Å². The van der Waals surface area contributed by atoms with Gasteiger partial charge >= 0.3 is 0 Å². The maximum Gasteiger partial charge on any atom is 0.249 e. The number of nitrogens with one attached hydrogen (secondary N) is 1. The molecule has 1 aliphatic heterocycles. The number of carbonyl (C=O) groups is 2. The molecule has 0 aliphatic carbocycles. The lowest BCUT2D eigenvalue weighted by Crippen LogP contribution is -2.42. The van der Waals surface area contributed by atoms with Crippen LogP contribution in [0, 0.1) is 9.39 Å². The molecule has 3 rings (SSSR count). The van der Waals surface area contributed by atoms with Gasteiger partial charge in [0.05, 0.1) is 20.5 Å². The first-order valence-electron chi connectivity index (χ1n) is 6.26. The zero-order chi connectivity index (χ0) is 15.1. The molecule has 8 heteroatoms. The Hall–Kier alpha value is -1.22. The summed E-state index contributed by atoms with van der Waals surface area (Å²) in [5.41, 5.74) is 1.10. The van der Waals surface area contributed by atoms with E-state index in [1.807, 2.05) is 22.6 Å². The van der Waals surface area contributed by atoms with Crippen LogP contribution in [0.4, 0.5) is 4.39 Å². The monoisotopic (exact) mass is 421 g/mol. The van der Waals surface area contributed by atoms with E-state index in [1.165, 1.54) is 6.07 Å². The van der Waals surface area contributed by atoms with E-state index in [1.54, 1.807) is 10.6 Å². The molecule has 2 heterocycles. The van der Waals surface area contributed by atoms with Crippen LogP contribution < -0.4 is 5.32 Å². The molecule has 1 aromatic heterocycles. The molecule has 1 atom stereocenters. The van der Waals surface area contributed by atoms with Crippen LogP contribution in [-0.4, -0.2) is 21.4 Å². The molecule has 0 radical (unpaired) electrons. The standard InChI is InChI=1S/C13H10ClFIN3O2/c14-5-11-17-8-4-7(16)6(15)3-10(8)19(11)9-1-2-12(20)18-13(9)21/h3-4,9H,1-2,5H2,(H,18,20,21). The number of rotatable bonds is 2. The van der Waals surface area contributed by atoms with Crippen molar-refractivity contribution >= 4 is 57.0 Å². The third-order valence-corrected chi connectivity index (χ3v) is 4.51. The predicted molar refractivity (Wildman–Crippen MR) is 83.4 cm³/mol. The van der Waals surface area contributed by atoms with Crippen molar-refractivity contribution in [2.45, 2.75) is 24.8 Å². The van der Waals surface area contributed by atoms with Crippen LogP contribution in [0.1, 0.15) is 24.7 Å². The van der Waals surface area contributed by atoms with Crippen LogP contribution >= 0.6 is 34.2 Å². The van der Waals surface area contributed by atoms with Gasteiger partial charge in [-0.05, 0) is 35.1 Å². The molecule has 1 aliphatic rings. The predicted octanol–water partition coefficient (Wildman–Crippen LogP) is 2.50. The Bertz CT molecular complexity index is 761. The van der Waals surface area contributed by atoms with Crippen molar-refractivity contribution in [3.63, 3.8) is 0 Å². The van der Waals surface area contributed by atoms with Crippen molar-refractivity contribution in [1.82, 2.24) is 14.9 Å². The summed E-state index contributed by atoms with van der Waals surface area (Å²) in [7, 11) is 0. The third-order valence-electron chi connectivity index (χ3n) is 3.45. The van der Waals surface area contributed by atoms with Gasteiger partial charge in [-0.1, -0.05) is 0 Å². The number of halogens is 3. The Labute approximate surface area is 138 Å². The number of hydrogen-bond acceptors (Lipinski definition) is 3. The quantitative estimate of drug-likeness (QED) is 0.460. The van der Waals surface area contributed by atoms with Crippen LogP contribution in [0.15, 0.2) is 12.1 Å². The van der Waals surface area contributed by atoms with E-state index in [0.29, 0.717) is 26.8 Å². The third kappa shape index (κ3) is 2.52. The largest absolute Gasteiger partial charge is 0.314 e. The SMILES string of the molecule is O=C1CCC(n2c(CCl)nc3cc(I)c(F)cc32)C(=O)N1. The van der Waals surface area contributed by atoms with Gasteiger partial charge in [0.1, 0.15) is 17.7 Å². The van der Waals surface area contributed by atoms with Crippen molar-refractivity contribution in [2.24, 2.45) is 0 Å². The summed E-state index contributed by atoms with van der Waals surface area (Å²) in [6, 6.07) is 2.37. The number of nitrogens with zero attached hydrogens (tertiary/aromatic N) is 2. The maximum atomic E-state index is 13.8. The van der Waals surface area contributed by atoms with Crippen LogP contribution in [0.3, 0.4) is 0 Å². The fourth-order valence-electron chi connectivity index (χ4n) is 2.51. The van der Waals surface area contributed by atoms with Gasteiger partial charge in [-0.3, -0.25) is 14.9 Å². The summed E-state index contributed by atoms with van der Waals surface area (Å²) in [4.78, 5) is 27.7. The van der Waals surface area contributed by atoms with Gasteiger partial charge in [0.15, 0.2) is 0 Å². The van der Waals surface area contributed by atoms with Crippen molar-refractivity contribution in [1.29, 1.82) is 0 Å². The Morgan fingerprint density at radius 2 is 2.24 bits per heavy atom. The first kappa shape index (κ1) is 14.7. The second kappa shape index (κ2) is 5.53. The molecule has 1 aromatic carbocycles. The Morgan fingerprint density at radius 3 is 2.90 bits per heavy atom.